The van der Waals surface area contributed by atoms with Crippen molar-refractivity contribution in [3.63, 3.8) is 0 Å². The van der Waals surface area contributed by atoms with Gasteiger partial charge in [0, 0.05) is 11.1 Å². The minimum absolute atomic E-state index is 0.0856. The Labute approximate surface area is 177 Å². The second kappa shape index (κ2) is 8.62. The van der Waals surface area contributed by atoms with Crippen LogP contribution in [0.15, 0.2) is 53.4 Å². The van der Waals surface area contributed by atoms with E-state index >= 15 is 0 Å². The van der Waals surface area contributed by atoms with Gasteiger partial charge in [0.25, 0.3) is 0 Å². The number of carbonyl (C=O) groups excluding carboxylic acids is 1. The number of nitrogens with two attached hydrogens (primary N) is 1. The average molecular weight is 444 g/mol. The summed E-state index contributed by atoms with van der Waals surface area (Å²) >= 11 is 0. The molecule has 0 saturated carbocycles. The lowest BCUT2D eigenvalue weighted by atomic mass is 10.1. The van der Waals surface area contributed by atoms with Gasteiger partial charge in [-0.15, -0.1) is 15.0 Å². The number of carbonyl (C=O) groups is 2. The number of aliphatic carboxylic acids is 1. The molecule has 0 spiro atoms. The van der Waals surface area contributed by atoms with Gasteiger partial charge < -0.3 is 10.8 Å². The average Bonchev–Trinajstić information content (AvgIpc) is 3.22. The molecule has 31 heavy (non-hydrogen) atoms. The SMILES string of the molecule is CC(C)C(NS(=O)(=O)c1ccc(-c2nnn(-c3ccc(C(N)=O)cc3)n2)cc1)C(=O)O. The van der Waals surface area contributed by atoms with Crippen LogP contribution in [0.1, 0.15) is 24.2 Å². The predicted molar refractivity (Wildman–Crippen MR) is 110 cm³/mol. The van der Waals surface area contributed by atoms with E-state index in [-0.39, 0.29) is 10.7 Å². The van der Waals surface area contributed by atoms with Crippen LogP contribution in [0.2, 0.25) is 0 Å². The molecule has 4 N–H and O–H groups in total. The molecule has 0 aliphatic rings. The Hall–Kier alpha value is -3.64. The van der Waals surface area contributed by atoms with Crippen molar-refractivity contribution in [2.45, 2.75) is 24.8 Å². The molecule has 1 atom stereocenters. The van der Waals surface area contributed by atoms with Crippen molar-refractivity contribution in [3.8, 4) is 17.1 Å². The van der Waals surface area contributed by atoms with Gasteiger partial charge in [0.1, 0.15) is 6.04 Å². The van der Waals surface area contributed by atoms with Crippen molar-refractivity contribution >= 4 is 21.9 Å². The molecule has 12 heteroatoms. The van der Waals surface area contributed by atoms with E-state index in [1.54, 1.807) is 26.0 Å². The molecular formula is C19H20N6O5S. The molecule has 1 aromatic heterocycles. The monoisotopic (exact) mass is 444 g/mol. The van der Waals surface area contributed by atoms with E-state index in [0.29, 0.717) is 16.8 Å². The number of primary amides is 1. The molecule has 0 saturated heterocycles. The summed E-state index contributed by atoms with van der Waals surface area (Å²) in [5.74, 6) is -1.98. The fourth-order valence-electron chi connectivity index (χ4n) is 2.69. The van der Waals surface area contributed by atoms with E-state index in [1.165, 1.54) is 41.2 Å². The molecule has 1 heterocycles. The molecule has 3 aromatic rings. The summed E-state index contributed by atoms with van der Waals surface area (Å²) in [6.07, 6.45) is 0. The largest absolute Gasteiger partial charge is 0.480 e. The Bertz CT molecular complexity index is 1200. The Morgan fingerprint density at radius 1 is 1.06 bits per heavy atom. The standard InChI is InChI=1S/C19H20N6O5S/c1-11(2)16(19(27)28)23-31(29,30)15-9-5-13(6-10-15)18-21-24-25(22-18)14-7-3-12(4-8-14)17(20)26/h3-11,16,23H,1-2H3,(H2,20,26)(H,27,28). The summed E-state index contributed by atoms with van der Waals surface area (Å²) in [5.41, 5.74) is 6.63. The van der Waals surface area contributed by atoms with Gasteiger partial charge in [0.2, 0.25) is 21.8 Å². The number of benzene rings is 2. The summed E-state index contributed by atoms with van der Waals surface area (Å²) < 4.78 is 27.2. The minimum Gasteiger partial charge on any atom is -0.480 e. The summed E-state index contributed by atoms with van der Waals surface area (Å²) in [4.78, 5) is 23.6. The van der Waals surface area contributed by atoms with Crippen LogP contribution < -0.4 is 10.5 Å². The number of amides is 1. The van der Waals surface area contributed by atoms with Gasteiger partial charge in [-0.3, -0.25) is 9.59 Å². The third-order valence-corrected chi connectivity index (χ3v) is 5.89. The highest BCUT2D eigenvalue weighted by atomic mass is 32.2. The van der Waals surface area contributed by atoms with Crippen LogP contribution in [0.4, 0.5) is 0 Å². The van der Waals surface area contributed by atoms with Gasteiger partial charge in [0.05, 0.1) is 10.6 Å². The zero-order chi connectivity index (χ0) is 22.8. The molecule has 0 fully saturated rings. The van der Waals surface area contributed by atoms with Crippen molar-refractivity contribution in [1.82, 2.24) is 24.9 Å². The predicted octanol–water partition coefficient (Wildman–Crippen LogP) is 0.816. The molecule has 2 aromatic carbocycles. The molecule has 1 amide bonds. The van der Waals surface area contributed by atoms with Crippen molar-refractivity contribution in [1.29, 1.82) is 0 Å². The van der Waals surface area contributed by atoms with E-state index in [1.807, 2.05) is 0 Å². The van der Waals surface area contributed by atoms with Crippen LogP contribution in [0, 0.1) is 5.92 Å². The van der Waals surface area contributed by atoms with Gasteiger partial charge in [-0.1, -0.05) is 13.8 Å². The second-order valence-electron chi connectivity index (χ2n) is 7.02. The van der Waals surface area contributed by atoms with E-state index in [9.17, 15) is 23.1 Å². The molecule has 0 radical (unpaired) electrons. The summed E-state index contributed by atoms with van der Waals surface area (Å²) in [7, 11) is -4.03. The van der Waals surface area contributed by atoms with E-state index in [4.69, 9.17) is 5.73 Å². The highest BCUT2D eigenvalue weighted by Gasteiger charge is 2.28. The van der Waals surface area contributed by atoms with Gasteiger partial charge in [-0.25, -0.2) is 8.42 Å². The van der Waals surface area contributed by atoms with Gasteiger partial charge in [0.15, 0.2) is 0 Å². The fourth-order valence-corrected chi connectivity index (χ4v) is 4.03. The first kappa shape index (κ1) is 22.1. The third-order valence-electron chi connectivity index (χ3n) is 4.43. The normalized spacial score (nSPS) is 12.6. The first-order valence-corrected chi connectivity index (χ1v) is 10.6. The quantitative estimate of drug-likeness (QED) is 0.458. The topological polar surface area (TPSA) is 170 Å². The highest BCUT2D eigenvalue weighted by Crippen LogP contribution is 2.19. The molecule has 0 bridgehead atoms. The number of aromatic nitrogens is 4. The lowest BCUT2D eigenvalue weighted by Crippen LogP contribution is -2.44. The van der Waals surface area contributed by atoms with Crippen molar-refractivity contribution in [2.24, 2.45) is 11.7 Å². The van der Waals surface area contributed by atoms with Gasteiger partial charge >= 0.3 is 5.97 Å². The van der Waals surface area contributed by atoms with Crippen molar-refractivity contribution in [3.05, 3.63) is 54.1 Å². The van der Waals surface area contributed by atoms with Crippen LogP contribution in [0.5, 0.6) is 0 Å². The maximum atomic E-state index is 12.5. The first-order chi connectivity index (χ1) is 14.6. The number of rotatable bonds is 8. The lowest BCUT2D eigenvalue weighted by molar-refractivity contribution is -0.140. The summed E-state index contributed by atoms with van der Waals surface area (Å²) in [6.45, 7) is 3.22. The molecule has 0 aliphatic carbocycles. The van der Waals surface area contributed by atoms with Crippen LogP contribution in [-0.2, 0) is 14.8 Å². The molecule has 11 nitrogen and oxygen atoms in total. The Balaban J connectivity index is 1.80. The van der Waals surface area contributed by atoms with Gasteiger partial charge in [-0.2, -0.15) is 4.72 Å². The Morgan fingerprint density at radius 2 is 1.68 bits per heavy atom. The molecule has 3 rings (SSSR count). The number of tetrazole rings is 1. The van der Waals surface area contributed by atoms with Crippen LogP contribution in [-0.4, -0.2) is 51.6 Å². The zero-order valence-corrected chi connectivity index (χ0v) is 17.4. The molecular weight excluding hydrogens is 424 g/mol. The zero-order valence-electron chi connectivity index (χ0n) is 16.6. The number of carboxylic acid groups (broad SMARTS) is 1. The van der Waals surface area contributed by atoms with Crippen LogP contribution in [0.25, 0.3) is 17.1 Å². The number of hydrogen-bond donors (Lipinski definition) is 3. The maximum Gasteiger partial charge on any atom is 0.322 e. The molecule has 1 unspecified atom stereocenters. The Morgan fingerprint density at radius 3 is 2.19 bits per heavy atom. The van der Waals surface area contributed by atoms with Gasteiger partial charge in [-0.05, 0) is 59.7 Å². The van der Waals surface area contributed by atoms with Crippen molar-refractivity contribution < 1.29 is 23.1 Å². The first-order valence-electron chi connectivity index (χ1n) is 9.14. The molecule has 0 aliphatic heterocycles. The summed E-state index contributed by atoms with van der Waals surface area (Å²) in [5, 5.41) is 21.4. The van der Waals surface area contributed by atoms with Crippen molar-refractivity contribution in [2.75, 3.05) is 0 Å². The fraction of sp³-hybridized carbons (Fsp3) is 0.211. The lowest BCUT2D eigenvalue weighted by Gasteiger charge is -2.18. The smallest absolute Gasteiger partial charge is 0.322 e. The van der Waals surface area contributed by atoms with E-state index in [2.05, 4.69) is 20.1 Å². The summed E-state index contributed by atoms with van der Waals surface area (Å²) in [6, 6.07) is 10.7. The number of nitrogens with zero attached hydrogens (tertiary/aromatic N) is 4. The second-order valence-corrected chi connectivity index (χ2v) is 8.73. The number of carboxylic acids is 1. The minimum atomic E-state index is -4.03. The number of nitrogens with one attached hydrogen (secondary N) is 1. The highest BCUT2D eigenvalue weighted by molar-refractivity contribution is 7.89. The number of hydrogen-bond acceptors (Lipinski definition) is 7. The third kappa shape index (κ3) is 4.92. The maximum absolute atomic E-state index is 12.5. The number of sulfonamides is 1. The Kier molecular flexibility index (Phi) is 6.13. The van der Waals surface area contributed by atoms with E-state index in [0.717, 1.165) is 0 Å². The van der Waals surface area contributed by atoms with Crippen LogP contribution >= 0.6 is 0 Å². The molecule has 162 valence electrons. The van der Waals surface area contributed by atoms with Crippen LogP contribution in [0.3, 0.4) is 0 Å². The van der Waals surface area contributed by atoms with E-state index < -0.39 is 33.9 Å².